The molecule has 4 nitrogen and oxygen atoms in total. The van der Waals surface area contributed by atoms with Gasteiger partial charge in [-0.1, -0.05) is 48.9 Å². The van der Waals surface area contributed by atoms with Crippen molar-refractivity contribution >= 4 is 11.6 Å². The fourth-order valence-electron chi connectivity index (χ4n) is 4.39. The molecule has 4 heteroatoms. The number of amides is 1. The molecule has 0 saturated carbocycles. The molecule has 1 fully saturated rings. The van der Waals surface area contributed by atoms with E-state index in [0.717, 1.165) is 31.7 Å². The normalized spacial score (nSPS) is 18.1. The van der Waals surface area contributed by atoms with Gasteiger partial charge in [0.2, 0.25) is 5.91 Å². The number of likely N-dealkylation sites (tertiary alicyclic amines) is 1. The maximum atomic E-state index is 13.0. The number of nitrogens with zero attached hydrogens (tertiary/aromatic N) is 2. The molecule has 2 aliphatic rings. The Hall–Kier alpha value is -2.17. The standard InChI is InChI=1S/C24H31N3O/c1-19(24(28)27-16-13-20-9-5-6-12-23(20)27)25-17-21-10-3-4-11-22(21)18-26-14-7-2-8-15-26/h3-6,9-12,19,25H,2,7-8,13-18H2,1H3/t19-/m1/s1. The molecule has 28 heavy (non-hydrogen) atoms. The molecule has 0 aromatic heterocycles. The molecule has 0 radical (unpaired) electrons. The molecular formula is C24H31N3O. The summed E-state index contributed by atoms with van der Waals surface area (Å²) in [6.07, 6.45) is 4.93. The molecule has 148 valence electrons. The molecule has 2 aromatic carbocycles. The third kappa shape index (κ3) is 4.29. The number of benzene rings is 2. The van der Waals surface area contributed by atoms with Gasteiger partial charge >= 0.3 is 0 Å². The highest BCUT2D eigenvalue weighted by Gasteiger charge is 2.27. The van der Waals surface area contributed by atoms with Gasteiger partial charge in [0.25, 0.3) is 0 Å². The van der Waals surface area contributed by atoms with Crippen LogP contribution in [0, 0.1) is 0 Å². The molecule has 2 aromatic rings. The molecule has 1 N–H and O–H groups in total. The first-order valence-corrected chi connectivity index (χ1v) is 10.6. The van der Waals surface area contributed by atoms with E-state index in [1.807, 2.05) is 24.0 Å². The second kappa shape index (κ2) is 8.89. The number of nitrogens with one attached hydrogen (secondary N) is 1. The van der Waals surface area contributed by atoms with Gasteiger partial charge in [0, 0.05) is 25.3 Å². The predicted molar refractivity (Wildman–Crippen MR) is 114 cm³/mol. The Morgan fingerprint density at radius 3 is 2.50 bits per heavy atom. The molecule has 0 spiro atoms. The van der Waals surface area contributed by atoms with Gasteiger partial charge in [0.05, 0.1) is 6.04 Å². The van der Waals surface area contributed by atoms with E-state index >= 15 is 0 Å². The van der Waals surface area contributed by atoms with E-state index in [4.69, 9.17) is 0 Å². The number of hydrogen-bond donors (Lipinski definition) is 1. The molecule has 1 atom stereocenters. The average molecular weight is 378 g/mol. The molecule has 2 heterocycles. The molecule has 4 rings (SSSR count). The minimum absolute atomic E-state index is 0.165. The van der Waals surface area contributed by atoms with E-state index in [9.17, 15) is 4.79 Å². The van der Waals surface area contributed by atoms with Crippen LogP contribution in [0.5, 0.6) is 0 Å². The van der Waals surface area contributed by atoms with Crippen molar-refractivity contribution in [1.82, 2.24) is 10.2 Å². The lowest BCUT2D eigenvalue weighted by molar-refractivity contribution is -0.120. The summed E-state index contributed by atoms with van der Waals surface area (Å²) in [5.74, 6) is 0.165. The molecule has 0 unspecified atom stereocenters. The zero-order valence-electron chi connectivity index (χ0n) is 16.9. The van der Waals surface area contributed by atoms with Gasteiger partial charge in [-0.25, -0.2) is 0 Å². The summed E-state index contributed by atoms with van der Waals surface area (Å²) in [5.41, 5.74) is 5.03. The number of hydrogen-bond acceptors (Lipinski definition) is 3. The van der Waals surface area contributed by atoms with Gasteiger partial charge < -0.3 is 10.2 Å². The first-order valence-electron chi connectivity index (χ1n) is 10.6. The number of carbonyl (C=O) groups excluding carboxylic acids is 1. The maximum absolute atomic E-state index is 13.0. The zero-order valence-corrected chi connectivity index (χ0v) is 16.9. The molecule has 1 amide bonds. The number of carbonyl (C=O) groups is 1. The van der Waals surface area contributed by atoms with E-state index in [1.54, 1.807) is 0 Å². The summed E-state index contributed by atoms with van der Waals surface area (Å²) in [5, 5.41) is 3.47. The number of para-hydroxylation sites is 1. The lowest BCUT2D eigenvalue weighted by atomic mass is 10.0. The molecule has 1 saturated heterocycles. The van der Waals surface area contributed by atoms with Crippen molar-refractivity contribution in [1.29, 1.82) is 0 Å². The van der Waals surface area contributed by atoms with Crippen molar-refractivity contribution in [2.75, 3.05) is 24.5 Å². The van der Waals surface area contributed by atoms with Crippen molar-refractivity contribution in [3.8, 4) is 0 Å². The van der Waals surface area contributed by atoms with Gasteiger partial charge in [-0.05, 0) is 62.0 Å². The largest absolute Gasteiger partial charge is 0.310 e. The van der Waals surface area contributed by atoms with Crippen LogP contribution in [-0.4, -0.2) is 36.5 Å². The average Bonchev–Trinajstić information content (AvgIpc) is 3.17. The van der Waals surface area contributed by atoms with Crippen LogP contribution in [-0.2, 0) is 24.3 Å². The van der Waals surface area contributed by atoms with Gasteiger partial charge in [0.1, 0.15) is 0 Å². The molecule has 0 aliphatic carbocycles. The van der Waals surface area contributed by atoms with Crippen molar-refractivity contribution in [2.24, 2.45) is 0 Å². The summed E-state index contributed by atoms with van der Waals surface area (Å²) in [4.78, 5) is 17.5. The van der Waals surface area contributed by atoms with E-state index in [0.29, 0.717) is 0 Å². The van der Waals surface area contributed by atoms with E-state index < -0.39 is 0 Å². The zero-order chi connectivity index (χ0) is 19.3. The highest BCUT2D eigenvalue weighted by molar-refractivity contribution is 5.98. The van der Waals surface area contributed by atoms with Crippen LogP contribution < -0.4 is 10.2 Å². The maximum Gasteiger partial charge on any atom is 0.243 e. The third-order valence-electron chi connectivity index (χ3n) is 6.08. The molecule has 0 bridgehead atoms. The second-order valence-electron chi connectivity index (χ2n) is 8.08. The summed E-state index contributed by atoms with van der Waals surface area (Å²) in [7, 11) is 0. The van der Waals surface area contributed by atoms with Crippen molar-refractivity contribution in [3.05, 3.63) is 65.2 Å². The summed E-state index contributed by atoms with van der Waals surface area (Å²) in [6.45, 7) is 6.91. The monoisotopic (exact) mass is 377 g/mol. The summed E-state index contributed by atoms with van der Waals surface area (Å²) >= 11 is 0. The quantitative estimate of drug-likeness (QED) is 0.833. The fraction of sp³-hybridized carbons (Fsp3) is 0.458. The van der Waals surface area contributed by atoms with Crippen molar-refractivity contribution < 1.29 is 4.79 Å². The van der Waals surface area contributed by atoms with Gasteiger partial charge in [-0.2, -0.15) is 0 Å². The number of piperidine rings is 1. The number of rotatable bonds is 6. The second-order valence-corrected chi connectivity index (χ2v) is 8.08. The number of anilines is 1. The topological polar surface area (TPSA) is 35.6 Å². The lowest BCUT2D eigenvalue weighted by Crippen LogP contribution is -2.44. The fourth-order valence-corrected chi connectivity index (χ4v) is 4.39. The Morgan fingerprint density at radius 2 is 1.68 bits per heavy atom. The Kier molecular flexibility index (Phi) is 6.08. The van der Waals surface area contributed by atoms with E-state index in [1.165, 1.54) is 49.0 Å². The van der Waals surface area contributed by atoms with Crippen LogP contribution in [0.3, 0.4) is 0 Å². The van der Waals surface area contributed by atoms with Crippen LogP contribution in [0.25, 0.3) is 0 Å². The number of fused-ring (bicyclic) bond motifs is 1. The van der Waals surface area contributed by atoms with Crippen molar-refractivity contribution in [3.63, 3.8) is 0 Å². The first kappa shape index (κ1) is 19.2. The summed E-state index contributed by atoms with van der Waals surface area (Å²) < 4.78 is 0. The van der Waals surface area contributed by atoms with Gasteiger partial charge in [-0.15, -0.1) is 0 Å². The van der Waals surface area contributed by atoms with Crippen LogP contribution in [0.1, 0.15) is 42.9 Å². The SMILES string of the molecule is C[C@@H](NCc1ccccc1CN1CCCCC1)C(=O)N1CCc2ccccc21. The minimum Gasteiger partial charge on any atom is -0.310 e. The Labute approximate surface area is 168 Å². The van der Waals surface area contributed by atoms with Gasteiger partial charge in [-0.3, -0.25) is 9.69 Å². The Morgan fingerprint density at radius 1 is 0.964 bits per heavy atom. The smallest absolute Gasteiger partial charge is 0.243 e. The predicted octanol–water partition coefficient (Wildman–Crippen LogP) is 3.74. The van der Waals surface area contributed by atoms with Crippen LogP contribution in [0.2, 0.25) is 0 Å². The van der Waals surface area contributed by atoms with Gasteiger partial charge in [0.15, 0.2) is 0 Å². The Bertz CT molecular complexity index is 813. The van der Waals surface area contributed by atoms with Crippen LogP contribution in [0.15, 0.2) is 48.5 Å². The highest BCUT2D eigenvalue weighted by Crippen LogP contribution is 2.28. The summed E-state index contributed by atoms with van der Waals surface area (Å²) in [6, 6.07) is 16.7. The molecule has 2 aliphatic heterocycles. The minimum atomic E-state index is -0.200. The van der Waals surface area contributed by atoms with Crippen LogP contribution >= 0.6 is 0 Å². The van der Waals surface area contributed by atoms with Crippen LogP contribution in [0.4, 0.5) is 5.69 Å². The third-order valence-corrected chi connectivity index (χ3v) is 6.08. The van der Waals surface area contributed by atoms with Crippen molar-refractivity contribution in [2.45, 2.75) is 51.7 Å². The lowest BCUT2D eigenvalue weighted by Gasteiger charge is -2.27. The van der Waals surface area contributed by atoms with E-state index in [2.05, 4.69) is 46.6 Å². The highest BCUT2D eigenvalue weighted by atomic mass is 16.2. The molecular weight excluding hydrogens is 346 g/mol. The van der Waals surface area contributed by atoms with E-state index in [-0.39, 0.29) is 11.9 Å². The Balaban J connectivity index is 1.37. The first-order chi connectivity index (χ1) is 13.7.